The van der Waals surface area contributed by atoms with Crippen LogP contribution in [0.2, 0.25) is 0 Å². The molecule has 0 atom stereocenters. The number of nitrogens with one attached hydrogen (secondary N) is 1. The summed E-state index contributed by atoms with van der Waals surface area (Å²) in [5.74, 6) is 0.0271. The van der Waals surface area contributed by atoms with Gasteiger partial charge in [-0.2, -0.15) is 0 Å². The maximum absolute atomic E-state index is 12.0. The first-order valence-corrected chi connectivity index (χ1v) is 6.26. The zero-order valence-corrected chi connectivity index (χ0v) is 10.9. The van der Waals surface area contributed by atoms with E-state index in [0.717, 1.165) is 25.9 Å². The molecule has 102 valence electrons. The number of rotatable bonds is 4. The third-order valence-electron chi connectivity index (χ3n) is 3.11. The first-order valence-electron chi connectivity index (χ1n) is 6.26. The Balaban J connectivity index is 1.92. The third-order valence-corrected chi connectivity index (χ3v) is 3.11. The van der Waals surface area contributed by atoms with Gasteiger partial charge in [0, 0.05) is 19.3 Å². The van der Waals surface area contributed by atoms with Gasteiger partial charge in [-0.3, -0.25) is 14.6 Å². The fraction of sp³-hybridized carbons (Fsp3) is 0.462. The summed E-state index contributed by atoms with van der Waals surface area (Å²) in [6.07, 6.45) is 5.06. The Morgan fingerprint density at radius 1 is 1.42 bits per heavy atom. The SMILES string of the molecule is COc1cnccc1C(=O)NCC(=O)N1CCCC1. The van der Waals surface area contributed by atoms with Crippen molar-refractivity contribution in [1.29, 1.82) is 0 Å². The molecule has 1 aromatic heterocycles. The van der Waals surface area contributed by atoms with E-state index in [2.05, 4.69) is 10.3 Å². The van der Waals surface area contributed by atoms with Gasteiger partial charge in [-0.25, -0.2) is 0 Å². The van der Waals surface area contributed by atoms with Gasteiger partial charge in [-0.05, 0) is 18.9 Å². The molecule has 1 aliphatic rings. The van der Waals surface area contributed by atoms with Gasteiger partial charge in [0.2, 0.25) is 5.91 Å². The number of hydrogen-bond donors (Lipinski definition) is 1. The number of likely N-dealkylation sites (tertiary alicyclic amines) is 1. The summed E-state index contributed by atoms with van der Waals surface area (Å²) in [6.45, 7) is 1.59. The van der Waals surface area contributed by atoms with E-state index in [1.807, 2.05) is 0 Å². The molecule has 2 rings (SSSR count). The van der Waals surface area contributed by atoms with Crippen LogP contribution in [0.4, 0.5) is 0 Å². The summed E-state index contributed by atoms with van der Waals surface area (Å²) < 4.78 is 5.05. The lowest BCUT2D eigenvalue weighted by Gasteiger charge is -2.15. The average Bonchev–Trinajstić information content (AvgIpc) is 2.98. The maximum atomic E-state index is 12.0. The number of ether oxygens (including phenoxy) is 1. The molecule has 1 aliphatic heterocycles. The van der Waals surface area contributed by atoms with Crippen molar-refractivity contribution < 1.29 is 14.3 Å². The van der Waals surface area contributed by atoms with Crippen LogP contribution in [0.5, 0.6) is 5.75 Å². The fourth-order valence-electron chi connectivity index (χ4n) is 2.06. The van der Waals surface area contributed by atoms with Gasteiger partial charge in [0.05, 0.1) is 25.4 Å². The van der Waals surface area contributed by atoms with Gasteiger partial charge in [0.15, 0.2) is 0 Å². The summed E-state index contributed by atoms with van der Waals surface area (Å²) in [5, 5.41) is 2.61. The summed E-state index contributed by atoms with van der Waals surface area (Å²) >= 11 is 0. The van der Waals surface area contributed by atoms with Crippen molar-refractivity contribution in [3.8, 4) is 5.75 Å². The molecule has 1 saturated heterocycles. The van der Waals surface area contributed by atoms with Crippen LogP contribution in [-0.4, -0.2) is 48.4 Å². The topological polar surface area (TPSA) is 71.5 Å². The maximum Gasteiger partial charge on any atom is 0.255 e. The molecular weight excluding hydrogens is 246 g/mol. The number of carbonyl (C=O) groups is 2. The molecule has 6 heteroatoms. The van der Waals surface area contributed by atoms with Gasteiger partial charge in [-0.15, -0.1) is 0 Å². The van der Waals surface area contributed by atoms with E-state index < -0.39 is 0 Å². The Bertz CT molecular complexity index is 470. The highest BCUT2D eigenvalue weighted by Gasteiger charge is 2.19. The Morgan fingerprint density at radius 3 is 2.84 bits per heavy atom. The second-order valence-corrected chi connectivity index (χ2v) is 4.35. The van der Waals surface area contributed by atoms with Gasteiger partial charge >= 0.3 is 0 Å². The average molecular weight is 263 g/mol. The summed E-state index contributed by atoms with van der Waals surface area (Å²) in [4.78, 5) is 29.4. The van der Waals surface area contributed by atoms with E-state index in [4.69, 9.17) is 4.74 Å². The number of amides is 2. The van der Waals surface area contributed by atoms with Gasteiger partial charge in [0.25, 0.3) is 5.91 Å². The highest BCUT2D eigenvalue weighted by atomic mass is 16.5. The van der Waals surface area contributed by atoms with Crippen molar-refractivity contribution in [2.45, 2.75) is 12.8 Å². The molecule has 2 heterocycles. The quantitative estimate of drug-likeness (QED) is 0.855. The van der Waals surface area contributed by atoms with Crippen LogP contribution in [0.15, 0.2) is 18.5 Å². The molecule has 19 heavy (non-hydrogen) atoms. The zero-order chi connectivity index (χ0) is 13.7. The lowest BCUT2D eigenvalue weighted by Crippen LogP contribution is -2.38. The third kappa shape index (κ3) is 3.21. The van der Waals surface area contributed by atoms with Crippen LogP contribution >= 0.6 is 0 Å². The molecule has 0 aromatic carbocycles. The van der Waals surface area contributed by atoms with Crippen LogP contribution in [0.25, 0.3) is 0 Å². The monoisotopic (exact) mass is 263 g/mol. The first-order chi connectivity index (χ1) is 9.22. The van der Waals surface area contributed by atoms with Crippen molar-refractivity contribution in [3.05, 3.63) is 24.0 Å². The van der Waals surface area contributed by atoms with Crippen molar-refractivity contribution >= 4 is 11.8 Å². The lowest BCUT2D eigenvalue weighted by atomic mass is 10.2. The highest BCUT2D eigenvalue weighted by Crippen LogP contribution is 2.15. The van der Waals surface area contributed by atoms with E-state index in [1.54, 1.807) is 11.0 Å². The Morgan fingerprint density at radius 2 is 2.16 bits per heavy atom. The van der Waals surface area contributed by atoms with Crippen LogP contribution in [0.3, 0.4) is 0 Å². The number of pyridine rings is 1. The predicted molar refractivity (Wildman–Crippen MR) is 68.9 cm³/mol. The second-order valence-electron chi connectivity index (χ2n) is 4.35. The Hall–Kier alpha value is -2.11. The molecular formula is C13H17N3O3. The van der Waals surface area contributed by atoms with Crippen molar-refractivity contribution in [2.24, 2.45) is 0 Å². The number of methoxy groups -OCH3 is 1. The van der Waals surface area contributed by atoms with Gasteiger partial charge in [0.1, 0.15) is 5.75 Å². The van der Waals surface area contributed by atoms with Gasteiger partial charge < -0.3 is 15.0 Å². The van der Waals surface area contributed by atoms with E-state index in [9.17, 15) is 9.59 Å². The van der Waals surface area contributed by atoms with Crippen molar-refractivity contribution in [3.63, 3.8) is 0 Å². The number of carbonyl (C=O) groups excluding carboxylic acids is 2. The summed E-state index contributed by atoms with van der Waals surface area (Å²) in [6, 6.07) is 1.56. The molecule has 0 saturated carbocycles. The van der Waals surface area contributed by atoms with Crippen molar-refractivity contribution in [2.75, 3.05) is 26.7 Å². The van der Waals surface area contributed by atoms with E-state index in [1.165, 1.54) is 19.5 Å². The van der Waals surface area contributed by atoms with E-state index >= 15 is 0 Å². The smallest absolute Gasteiger partial charge is 0.255 e. The minimum atomic E-state index is -0.327. The normalized spacial score (nSPS) is 14.3. The molecule has 6 nitrogen and oxygen atoms in total. The molecule has 1 N–H and O–H groups in total. The fourth-order valence-corrected chi connectivity index (χ4v) is 2.06. The van der Waals surface area contributed by atoms with Crippen LogP contribution in [0.1, 0.15) is 23.2 Å². The summed E-state index contributed by atoms with van der Waals surface area (Å²) in [7, 11) is 1.48. The van der Waals surface area contributed by atoms with Crippen LogP contribution in [-0.2, 0) is 4.79 Å². The van der Waals surface area contributed by atoms with Crippen LogP contribution in [0, 0.1) is 0 Å². The van der Waals surface area contributed by atoms with E-state index in [0.29, 0.717) is 11.3 Å². The molecule has 0 spiro atoms. The number of aromatic nitrogens is 1. The first kappa shape index (κ1) is 13.3. The minimum absolute atomic E-state index is 0.0182. The minimum Gasteiger partial charge on any atom is -0.494 e. The molecule has 2 amide bonds. The molecule has 0 aliphatic carbocycles. The molecule has 0 unspecified atom stereocenters. The van der Waals surface area contributed by atoms with Crippen LogP contribution < -0.4 is 10.1 Å². The highest BCUT2D eigenvalue weighted by molar-refractivity contribution is 5.98. The summed E-state index contributed by atoms with van der Waals surface area (Å²) in [5.41, 5.74) is 0.381. The Kier molecular flexibility index (Phi) is 4.33. The molecule has 0 radical (unpaired) electrons. The molecule has 1 aromatic rings. The Labute approximate surface area is 111 Å². The number of nitrogens with zero attached hydrogens (tertiary/aromatic N) is 2. The van der Waals surface area contributed by atoms with E-state index in [-0.39, 0.29) is 18.4 Å². The molecule has 0 bridgehead atoms. The number of hydrogen-bond acceptors (Lipinski definition) is 4. The molecule has 1 fully saturated rings. The second kappa shape index (κ2) is 6.17. The van der Waals surface area contributed by atoms with Gasteiger partial charge in [-0.1, -0.05) is 0 Å². The van der Waals surface area contributed by atoms with Crippen molar-refractivity contribution in [1.82, 2.24) is 15.2 Å². The standard InChI is InChI=1S/C13H17N3O3/c1-19-11-8-14-5-4-10(11)13(18)15-9-12(17)16-6-2-3-7-16/h4-5,8H,2-3,6-7,9H2,1H3,(H,15,18). The predicted octanol–water partition coefficient (Wildman–Crippen LogP) is 0.442. The zero-order valence-electron chi connectivity index (χ0n) is 10.9. The lowest BCUT2D eigenvalue weighted by molar-refractivity contribution is -0.129. The largest absolute Gasteiger partial charge is 0.494 e.